The van der Waals surface area contributed by atoms with Crippen molar-refractivity contribution in [1.82, 2.24) is 5.32 Å². The van der Waals surface area contributed by atoms with Gasteiger partial charge in [-0.1, -0.05) is 30.3 Å². The number of aliphatic carboxylic acids is 1. The van der Waals surface area contributed by atoms with E-state index in [0.29, 0.717) is 13.0 Å². The molecule has 0 heterocycles. The van der Waals surface area contributed by atoms with E-state index in [0.717, 1.165) is 11.6 Å². The van der Waals surface area contributed by atoms with Crippen molar-refractivity contribution in [2.24, 2.45) is 0 Å². The number of anilines is 2. The zero-order valence-electron chi connectivity index (χ0n) is 14.4. The van der Waals surface area contributed by atoms with Crippen molar-refractivity contribution in [3.05, 3.63) is 64.2 Å². The summed E-state index contributed by atoms with van der Waals surface area (Å²) in [5.41, 5.74) is 6.74. The highest BCUT2D eigenvalue weighted by molar-refractivity contribution is 5.96. The Hall–Kier alpha value is -3.46. The van der Waals surface area contributed by atoms with Gasteiger partial charge in [0, 0.05) is 12.1 Å². The second kappa shape index (κ2) is 9.30. The maximum atomic E-state index is 12.2. The smallest absolute Gasteiger partial charge is 0.321 e. The third kappa shape index (κ3) is 6.08. The van der Waals surface area contributed by atoms with E-state index in [2.05, 4.69) is 10.6 Å². The van der Waals surface area contributed by atoms with Crippen LogP contribution in [-0.4, -0.2) is 34.5 Å². The molecular weight excluding hydrogens is 352 g/mol. The normalized spacial score (nSPS) is 11.6. The lowest BCUT2D eigenvalue weighted by atomic mass is 10.1. The zero-order valence-corrected chi connectivity index (χ0v) is 14.4. The van der Waals surface area contributed by atoms with Crippen LogP contribution >= 0.6 is 0 Å². The number of benzene rings is 2. The van der Waals surface area contributed by atoms with Gasteiger partial charge in [0.2, 0.25) is 5.91 Å². The molecule has 0 fully saturated rings. The molecule has 9 nitrogen and oxygen atoms in total. The second-order valence-corrected chi connectivity index (χ2v) is 5.86. The third-order valence-electron chi connectivity index (χ3n) is 3.86. The van der Waals surface area contributed by atoms with E-state index in [4.69, 9.17) is 5.73 Å². The Balaban J connectivity index is 1.93. The van der Waals surface area contributed by atoms with Crippen LogP contribution in [0.2, 0.25) is 0 Å². The Morgan fingerprint density at radius 3 is 2.52 bits per heavy atom. The molecule has 2 rings (SSSR count). The molecule has 2 aromatic carbocycles. The molecule has 142 valence electrons. The molecule has 0 radical (unpaired) electrons. The van der Waals surface area contributed by atoms with Gasteiger partial charge in [-0.25, -0.2) is 0 Å². The number of carboxylic acids is 1. The number of nitrogen functional groups attached to an aromatic ring is 1. The molecule has 0 saturated heterocycles. The maximum Gasteiger partial charge on any atom is 0.321 e. The molecule has 0 aliphatic heterocycles. The predicted octanol–water partition coefficient (Wildman–Crippen LogP) is 1.79. The van der Waals surface area contributed by atoms with Crippen LogP contribution in [0.25, 0.3) is 0 Å². The standard InChI is InChI=1S/C18H20N4O5/c19-14-7-6-13(22(26)27)10-15(14)21-17(23)11-16(18(24)25)20-9-8-12-4-2-1-3-5-12/h1-7,10,16,20H,8-9,11,19H2,(H,21,23)(H,24,25). The second-order valence-electron chi connectivity index (χ2n) is 5.86. The number of rotatable bonds is 9. The van der Waals surface area contributed by atoms with Gasteiger partial charge in [0.05, 0.1) is 22.7 Å². The van der Waals surface area contributed by atoms with Gasteiger partial charge in [0.15, 0.2) is 0 Å². The number of non-ortho nitro benzene ring substituents is 1. The largest absolute Gasteiger partial charge is 0.480 e. The van der Waals surface area contributed by atoms with E-state index in [9.17, 15) is 24.8 Å². The number of nitro benzene ring substituents is 1. The van der Waals surface area contributed by atoms with Crippen molar-refractivity contribution in [1.29, 1.82) is 0 Å². The Kier molecular flexibility index (Phi) is 6.84. The van der Waals surface area contributed by atoms with Crippen LogP contribution in [0.4, 0.5) is 17.1 Å². The van der Waals surface area contributed by atoms with Crippen LogP contribution in [-0.2, 0) is 16.0 Å². The quantitative estimate of drug-likeness (QED) is 0.298. The van der Waals surface area contributed by atoms with Crippen LogP contribution < -0.4 is 16.4 Å². The number of nitrogens with zero attached hydrogens (tertiary/aromatic N) is 1. The molecule has 0 saturated carbocycles. The maximum absolute atomic E-state index is 12.2. The van der Waals surface area contributed by atoms with Crippen molar-refractivity contribution in [3.63, 3.8) is 0 Å². The summed E-state index contributed by atoms with van der Waals surface area (Å²) in [4.78, 5) is 33.7. The molecule has 1 amide bonds. The zero-order chi connectivity index (χ0) is 19.8. The minimum atomic E-state index is -1.16. The monoisotopic (exact) mass is 372 g/mol. The average Bonchev–Trinajstić information content (AvgIpc) is 2.63. The lowest BCUT2D eigenvalue weighted by molar-refractivity contribution is -0.384. The minimum Gasteiger partial charge on any atom is -0.480 e. The molecule has 27 heavy (non-hydrogen) atoms. The average molecular weight is 372 g/mol. The predicted molar refractivity (Wildman–Crippen MR) is 100 cm³/mol. The number of amides is 1. The summed E-state index contributed by atoms with van der Waals surface area (Å²) in [5.74, 6) is -1.77. The van der Waals surface area contributed by atoms with E-state index in [-0.39, 0.29) is 23.5 Å². The molecule has 2 aromatic rings. The van der Waals surface area contributed by atoms with E-state index in [1.165, 1.54) is 12.1 Å². The third-order valence-corrected chi connectivity index (χ3v) is 3.86. The number of carbonyl (C=O) groups excluding carboxylic acids is 1. The minimum absolute atomic E-state index is 0.0719. The Morgan fingerprint density at radius 2 is 1.89 bits per heavy atom. The van der Waals surface area contributed by atoms with Gasteiger partial charge in [0.1, 0.15) is 6.04 Å². The van der Waals surface area contributed by atoms with Gasteiger partial charge in [-0.15, -0.1) is 0 Å². The SMILES string of the molecule is Nc1ccc([N+](=O)[O-])cc1NC(=O)CC(NCCc1ccccc1)C(=O)O. The number of hydrogen-bond acceptors (Lipinski definition) is 6. The number of carboxylic acid groups (broad SMARTS) is 1. The molecule has 5 N–H and O–H groups in total. The van der Waals surface area contributed by atoms with Crippen molar-refractivity contribution < 1.29 is 19.6 Å². The number of carbonyl (C=O) groups is 2. The van der Waals surface area contributed by atoms with E-state index in [1.54, 1.807) is 0 Å². The fraction of sp³-hybridized carbons (Fsp3) is 0.222. The molecule has 1 unspecified atom stereocenters. The first kappa shape index (κ1) is 19.9. The van der Waals surface area contributed by atoms with E-state index < -0.39 is 22.8 Å². The lowest BCUT2D eigenvalue weighted by Crippen LogP contribution is -2.40. The van der Waals surface area contributed by atoms with Gasteiger partial charge >= 0.3 is 5.97 Å². The Bertz CT molecular complexity index is 826. The van der Waals surface area contributed by atoms with Gasteiger partial charge in [-0.2, -0.15) is 0 Å². The summed E-state index contributed by atoms with van der Waals surface area (Å²) in [5, 5.41) is 25.4. The first-order valence-electron chi connectivity index (χ1n) is 8.20. The highest BCUT2D eigenvalue weighted by atomic mass is 16.6. The summed E-state index contributed by atoms with van der Waals surface area (Å²) < 4.78 is 0. The number of nitro groups is 1. The van der Waals surface area contributed by atoms with Crippen LogP contribution in [0.3, 0.4) is 0 Å². The first-order chi connectivity index (χ1) is 12.9. The fourth-order valence-electron chi connectivity index (χ4n) is 2.43. The summed E-state index contributed by atoms with van der Waals surface area (Å²) >= 11 is 0. The highest BCUT2D eigenvalue weighted by Gasteiger charge is 2.21. The van der Waals surface area contributed by atoms with Crippen molar-refractivity contribution >= 4 is 28.9 Å². The number of hydrogen-bond donors (Lipinski definition) is 4. The molecule has 0 aliphatic carbocycles. The van der Waals surface area contributed by atoms with Crippen LogP contribution in [0.1, 0.15) is 12.0 Å². The summed E-state index contributed by atoms with van der Waals surface area (Å²) in [6.45, 7) is 0.382. The topological polar surface area (TPSA) is 148 Å². The Morgan fingerprint density at radius 1 is 1.19 bits per heavy atom. The Labute approximate surface area is 155 Å². The van der Waals surface area contributed by atoms with E-state index in [1.807, 2.05) is 30.3 Å². The molecule has 1 atom stereocenters. The van der Waals surface area contributed by atoms with Gasteiger partial charge < -0.3 is 21.5 Å². The number of nitrogens with one attached hydrogen (secondary N) is 2. The van der Waals surface area contributed by atoms with Crippen molar-refractivity contribution in [2.75, 3.05) is 17.6 Å². The molecular formula is C18H20N4O5. The molecule has 0 aromatic heterocycles. The highest BCUT2D eigenvalue weighted by Crippen LogP contribution is 2.24. The van der Waals surface area contributed by atoms with Crippen LogP contribution in [0.15, 0.2) is 48.5 Å². The van der Waals surface area contributed by atoms with Crippen LogP contribution in [0.5, 0.6) is 0 Å². The summed E-state index contributed by atoms with van der Waals surface area (Å²) in [6, 6.07) is 12.1. The summed E-state index contributed by atoms with van der Waals surface area (Å²) in [7, 11) is 0. The molecule has 9 heteroatoms. The molecule has 0 aliphatic rings. The first-order valence-corrected chi connectivity index (χ1v) is 8.20. The summed E-state index contributed by atoms with van der Waals surface area (Å²) in [6.07, 6.45) is 0.274. The van der Waals surface area contributed by atoms with Gasteiger partial charge in [-0.3, -0.25) is 19.7 Å². The van der Waals surface area contributed by atoms with E-state index >= 15 is 0 Å². The number of nitrogens with two attached hydrogens (primary N) is 1. The van der Waals surface area contributed by atoms with Gasteiger partial charge in [-0.05, 0) is 24.6 Å². The van der Waals surface area contributed by atoms with Crippen molar-refractivity contribution in [3.8, 4) is 0 Å². The lowest BCUT2D eigenvalue weighted by Gasteiger charge is -2.15. The van der Waals surface area contributed by atoms with Gasteiger partial charge in [0.25, 0.3) is 5.69 Å². The van der Waals surface area contributed by atoms with Crippen molar-refractivity contribution in [2.45, 2.75) is 18.9 Å². The molecule has 0 spiro atoms. The molecule has 0 bridgehead atoms. The van der Waals surface area contributed by atoms with Crippen LogP contribution in [0, 0.1) is 10.1 Å². The fourth-order valence-corrected chi connectivity index (χ4v) is 2.43.